The van der Waals surface area contributed by atoms with Gasteiger partial charge in [0.25, 0.3) is 0 Å². The fraction of sp³-hybridized carbons (Fsp3) is 0.571. The SMILES string of the molecule is Cc1cccc([C@H]2[C@H](N)CCN2C(C)C)c1. The first-order chi connectivity index (χ1) is 7.59. The summed E-state index contributed by atoms with van der Waals surface area (Å²) in [5.74, 6) is 0. The molecule has 0 aliphatic carbocycles. The van der Waals surface area contributed by atoms with Crippen LogP contribution < -0.4 is 5.73 Å². The van der Waals surface area contributed by atoms with Gasteiger partial charge in [0.15, 0.2) is 0 Å². The fourth-order valence-electron chi connectivity index (χ4n) is 2.71. The molecule has 0 amide bonds. The summed E-state index contributed by atoms with van der Waals surface area (Å²) >= 11 is 0. The Labute approximate surface area is 98.4 Å². The van der Waals surface area contributed by atoms with E-state index in [9.17, 15) is 0 Å². The van der Waals surface area contributed by atoms with E-state index in [0.717, 1.165) is 13.0 Å². The normalized spacial score (nSPS) is 26.6. The van der Waals surface area contributed by atoms with Crippen molar-refractivity contribution in [3.05, 3.63) is 35.4 Å². The summed E-state index contributed by atoms with van der Waals surface area (Å²) in [6, 6.07) is 10.0. The molecule has 2 rings (SSSR count). The minimum Gasteiger partial charge on any atom is -0.326 e. The van der Waals surface area contributed by atoms with E-state index in [1.807, 2.05) is 0 Å². The van der Waals surface area contributed by atoms with Gasteiger partial charge in [-0.25, -0.2) is 0 Å². The first-order valence-corrected chi connectivity index (χ1v) is 6.17. The Morgan fingerprint density at radius 3 is 2.75 bits per heavy atom. The van der Waals surface area contributed by atoms with E-state index in [4.69, 9.17) is 5.73 Å². The van der Waals surface area contributed by atoms with E-state index in [0.29, 0.717) is 12.1 Å². The number of benzene rings is 1. The molecule has 1 aliphatic heterocycles. The van der Waals surface area contributed by atoms with Gasteiger partial charge in [-0.1, -0.05) is 29.8 Å². The van der Waals surface area contributed by atoms with Crippen molar-refractivity contribution in [3.63, 3.8) is 0 Å². The molecule has 2 N–H and O–H groups in total. The van der Waals surface area contributed by atoms with Gasteiger partial charge in [-0.05, 0) is 32.8 Å². The van der Waals surface area contributed by atoms with Gasteiger partial charge in [0.2, 0.25) is 0 Å². The van der Waals surface area contributed by atoms with Crippen LogP contribution in [0.5, 0.6) is 0 Å². The molecule has 2 atom stereocenters. The highest BCUT2D eigenvalue weighted by Crippen LogP contribution is 2.32. The number of nitrogens with two attached hydrogens (primary N) is 1. The van der Waals surface area contributed by atoms with Gasteiger partial charge in [0, 0.05) is 18.6 Å². The van der Waals surface area contributed by atoms with Gasteiger partial charge < -0.3 is 5.73 Å². The maximum absolute atomic E-state index is 6.25. The molecule has 0 saturated carbocycles. The largest absolute Gasteiger partial charge is 0.326 e. The van der Waals surface area contributed by atoms with E-state index >= 15 is 0 Å². The second-order valence-corrected chi connectivity index (χ2v) is 5.14. The third kappa shape index (κ3) is 2.13. The molecular weight excluding hydrogens is 196 g/mol. The standard InChI is InChI=1S/C14H22N2/c1-10(2)16-8-7-13(15)14(16)12-6-4-5-11(3)9-12/h4-6,9-10,13-14H,7-8,15H2,1-3H3/t13-,14+/m1/s1. The molecule has 16 heavy (non-hydrogen) atoms. The molecule has 0 unspecified atom stereocenters. The van der Waals surface area contributed by atoms with Crippen LogP contribution >= 0.6 is 0 Å². The number of rotatable bonds is 2. The van der Waals surface area contributed by atoms with Gasteiger partial charge >= 0.3 is 0 Å². The summed E-state index contributed by atoms with van der Waals surface area (Å²) in [5, 5.41) is 0. The monoisotopic (exact) mass is 218 g/mol. The van der Waals surface area contributed by atoms with Crippen LogP contribution in [0, 0.1) is 6.92 Å². The van der Waals surface area contributed by atoms with Crippen molar-refractivity contribution in [1.29, 1.82) is 0 Å². The molecule has 0 spiro atoms. The highest BCUT2D eigenvalue weighted by molar-refractivity contribution is 5.27. The van der Waals surface area contributed by atoms with Crippen LogP contribution in [-0.2, 0) is 0 Å². The van der Waals surface area contributed by atoms with Crippen molar-refractivity contribution in [2.24, 2.45) is 5.73 Å². The second kappa shape index (κ2) is 4.56. The highest BCUT2D eigenvalue weighted by Gasteiger charge is 2.34. The topological polar surface area (TPSA) is 29.3 Å². The number of likely N-dealkylation sites (tertiary alicyclic amines) is 1. The lowest BCUT2D eigenvalue weighted by atomic mass is 9.98. The Balaban J connectivity index is 2.30. The quantitative estimate of drug-likeness (QED) is 0.826. The van der Waals surface area contributed by atoms with Crippen LogP contribution in [0.15, 0.2) is 24.3 Å². The molecule has 0 radical (unpaired) electrons. The number of hydrogen-bond acceptors (Lipinski definition) is 2. The van der Waals surface area contributed by atoms with Gasteiger partial charge in [0.1, 0.15) is 0 Å². The Kier molecular flexibility index (Phi) is 3.31. The summed E-state index contributed by atoms with van der Waals surface area (Å²) in [6.07, 6.45) is 1.11. The van der Waals surface area contributed by atoms with E-state index in [-0.39, 0.29) is 6.04 Å². The Bertz CT molecular complexity index is 360. The van der Waals surface area contributed by atoms with Crippen LogP contribution in [0.2, 0.25) is 0 Å². The number of nitrogens with zero attached hydrogens (tertiary/aromatic N) is 1. The first-order valence-electron chi connectivity index (χ1n) is 6.17. The zero-order valence-electron chi connectivity index (χ0n) is 10.5. The van der Waals surface area contributed by atoms with Crippen LogP contribution in [0.25, 0.3) is 0 Å². The lowest BCUT2D eigenvalue weighted by Gasteiger charge is -2.30. The van der Waals surface area contributed by atoms with E-state index in [1.165, 1.54) is 11.1 Å². The van der Waals surface area contributed by atoms with Gasteiger partial charge in [-0.15, -0.1) is 0 Å². The molecule has 1 aromatic carbocycles. The summed E-state index contributed by atoms with van der Waals surface area (Å²) in [6.45, 7) is 7.77. The summed E-state index contributed by atoms with van der Waals surface area (Å²) in [5.41, 5.74) is 8.94. The summed E-state index contributed by atoms with van der Waals surface area (Å²) in [7, 11) is 0. The summed E-state index contributed by atoms with van der Waals surface area (Å²) < 4.78 is 0. The smallest absolute Gasteiger partial charge is 0.0502 e. The van der Waals surface area contributed by atoms with Crippen LogP contribution in [0.4, 0.5) is 0 Å². The van der Waals surface area contributed by atoms with E-state index < -0.39 is 0 Å². The molecule has 0 aromatic heterocycles. The maximum atomic E-state index is 6.25. The zero-order chi connectivity index (χ0) is 11.7. The van der Waals surface area contributed by atoms with Crippen LogP contribution in [0.3, 0.4) is 0 Å². The van der Waals surface area contributed by atoms with Gasteiger partial charge in [-0.3, -0.25) is 4.90 Å². The molecule has 88 valence electrons. The van der Waals surface area contributed by atoms with Crippen molar-refractivity contribution in [3.8, 4) is 0 Å². The molecule has 2 heteroatoms. The average Bonchev–Trinajstić information content (AvgIpc) is 2.60. The third-order valence-electron chi connectivity index (χ3n) is 3.53. The minimum atomic E-state index is 0.282. The Hall–Kier alpha value is -0.860. The van der Waals surface area contributed by atoms with Crippen molar-refractivity contribution in [2.75, 3.05) is 6.54 Å². The third-order valence-corrected chi connectivity index (χ3v) is 3.53. The van der Waals surface area contributed by atoms with Gasteiger partial charge in [-0.2, -0.15) is 0 Å². The number of hydrogen-bond donors (Lipinski definition) is 1. The maximum Gasteiger partial charge on any atom is 0.0502 e. The lowest BCUT2D eigenvalue weighted by molar-refractivity contribution is 0.198. The predicted octanol–water partition coefficient (Wildman–Crippen LogP) is 2.48. The average molecular weight is 218 g/mol. The van der Waals surface area contributed by atoms with Crippen LogP contribution in [0.1, 0.15) is 37.4 Å². The second-order valence-electron chi connectivity index (χ2n) is 5.14. The number of aryl methyl sites for hydroxylation is 1. The molecule has 1 aromatic rings. The van der Waals surface area contributed by atoms with Crippen molar-refractivity contribution in [2.45, 2.75) is 45.3 Å². The molecular formula is C14H22N2. The highest BCUT2D eigenvalue weighted by atomic mass is 15.2. The first kappa shape index (κ1) is 11.6. The van der Waals surface area contributed by atoms with E-state index in [2.05, 4.69) is 49.9 Å². The van der Waals surface area contributed by atoms with E-state index in [1.54, 1.807) is 0 Å². The van der Waals surface area contributed by atoms with Crippen molar-refractivity contribution in [1.82, 2.24) is 4.90 Å². The predicted molar refractivity (Wildman–Crippen MR) is 68.4 cm³/mol. The zero-order valence-corrected chi connectivity index (χ0v) is 10.5. The Morgan fingerprint density at radius 2 is 2.12 bits per heavy atom. The molecule has 1 saturated heterocycles. The Morgan fingerprint density at radius 1 is 1.38 bits per heavy atom. The lowest BCUT2D eigenvalue weighted by Crippen LogP contribution is -2.35. The fourth-order valence-corrected chi connectivity index (χ4v) is 2.71. The molecule has 0 bridgehead atoms. The molecule has 1 fully saturated rings. The van der Waals surface area contributed by atoms with Crippen molar-refractivity contribution < 1.29 is 0 Å². The minimum absolute atomic E-state index is 0.282. The molecule has 2 nitrogen and oxygen atoms in total. The van der Waals surface area contributed by atoms with Crippen LogP contribution in [-0.4, -0.2) is 23.5 Å². The van der Waals surface area contributed by atoms with Gasteiger partial charge in [0.05, 0.1) is 6.04 Å². The molecule has 1 aliphatic rings. The van der Waals surface area contributed by atoms with Crippen molar-refractivity contribution >= 4 is 0 Å². The molecule has 1 heterocycles. The summed E-state index contributed by atoms with van der Waals surface area (Å²) in [4.78, 5) is 2.51.